The van der Waals surface area contributed by atoms with Crippen molar-refractivity contribution in [2.45, 2.75) is 64.2 Å². The molecule has 0 bridgehead atoms. The molecule has 2 nitrogen and oxygen atoms in total. The molecule has 0 saturated carbocycles. The van der Waals surface area contributed by atoms with Crippen LogP contribution in [0.4, 0.5) is 0 Å². The predicted molar refractivity (Wildman–Crippen MR) is 142 cm³/mol. The molecule has 0 amide bonds. The average Bonchev–Trinajstić information content (AvgIpc) is 2.83. The van der Waals surface area contributed by atoms with E-state index in [1.165, 1.54) is 22.3 Å². The molecular weight excluding hydrogens is 412 g/mol. The molecule has 4 rings (SSSR count). The fourth-order valence-corrected chi connectivity index (χ4v) is 4.57. The van der Waals surface area contributed by atoms with Crippen LogP contribution in [-0.4, -0.2) is 9.97 Å². The van der Waals surface area contributed by atoms with Crippen LogP contribution in [0.2, 0.25) is 0 Å². The van der Waals surface area contributed by atoms with E-state index in [1.54, 1.807) is 0 Å². The van der Waals surface area contributed by atoms with E-state index in [2.05, 4.69) is 114 Å². The smallest absolute Gasteiger partial charge is 0.0488 e. The molecule has 174 valence electrons. The Kier molecular flexibility index (Phi) is 6.70. The molecule has 2 atom stereocenters. The fourth-order valence-electron chi connectivity index (χ4n) is 4.57. The summed E-state index contributed by atoms with van der Waals surface area (Å²) >= 11 is 0. The van der Waals surface area contributed by atoms with Crippen LogP contribution in [0.3, 0.4) is 0 Å². The van der Waals surface area contributed by atoms with E-state index < -0.39 is 0 Å². The van der Waals surface area contributed by atoms with Crippen molar-refractivity contribution >= 4 is 0 Å². The number of rotatable bonds is 5. The van der Waals surface area contributed by atoms with Gasteiger partial charge in [-0.25, -0.2) is 0 Å². The van der Waals surface area contributed by atoms with Crippen molar-refractivity contribution in [2.75, 3.05) is 0 Å². The van der Waals surface area contributed by atoms with E-state index in [1.807, 2.05) is 24.5 Å². The third-order valence-electron chi connectivity index (χ3n) is 6.62. The summed E-state index contributed by atoms with van der Waals surface area (Å²) in [6.07, 6.45) is 3.79. The van der Waals surface area contributed by atoms with Crippen molar-refractivity contribution in [1.82, 2.24) is 9.97 Å². The van der Waals surface area contributed by atoms with Gasteiger partial charge in [-0.1, -0.05) is 102 Å². The zero-order valence-corrected chi connectivity index (χ0v) is 21.3. The molecule has 2 heteroatoms. The van der Waals surface area contributed by atoms with Gasteiger partial charge < -0.3 is 0 Å². The molecule has 0 radical (unpaired) electrons. The Bertz CT molecular complexity index is 1080. The van der Waals surface area contributed by atoms with Crippen LogP contribution in [0, 0.1) is 0 Å². The Morgan fingerprint density at radius 2 is 0.824 bits per heavy atom. The minimum atomic E-state index is 0.0469. The summed E-state index contributed by atoms with van der Waals surface area (Å²) in [5, 5.41) is 0. The first-order chi connectivity index (χ1) is 16.1. The van der Waals surface area contributed by atoms with Crippen molar-refractivity contribution < 1.29 is 0 Å². The fraction of sp³-hybridized carbons (Fsp3) is 0.312. The number of hydrogen-bond acceptors (Lipinski definition) is 2. The lowest BCUT2D eigenvalue weighted by Crippen LogP contribution is -2.18. The van der Waals surface area contributed by atoms with Gasteiger partial charge in [0, 0.05) is 35.6 Å². The first-order valence-corrected chi connectivity index (χ1v) is 12.2. The van der Waals surface area contributed by atoms with Gasteiger partial charge in [0.1, 0.15) is 0 Å². The summed E-state index contributed by atoms with van der Waals surface area (Å²) in [7, 11) is 0. The Hall–Kier alpha value is -3.26. The van der Waals surface area contributed by atoms with Crippen molar-refractivity contribution in [3.8, 4) is 0 Å². The number of nitrogens with zero attached hydrogens (tertiary/aromatic N) is 2. The van der Waals surface area contributed by atoms with Crippen LogP contribution in [0.15, 0.2) is 97.3 Å². The van der Waals surface area contributed by atoms with Crippen LogP contribution in [0.25, 0.3) is 0 Å². The number of aromatic nitrogens is 2. The zero-order valence-electron chi connectivity index (χ0n) is 21.3. The van der Waals surface area contributed by atoms with Crippen LogP contribution in [0.1, 0.15) is 87.0 Å². The highest BCUT2D eigenvalue weighted by molar-refractivity contribution is 5.43. The van der Waals surface area contributed by atoms with E-state index in [4.69, 9.17) is 9.97 Å². The predicted octanol–water partition coefficient (Wildman–Crippen LogP) is 8.04. The summed E-state index contributed by atoms with van der Waals surface area (Å²) < 4.78 is 0. The van der Waals surface area contributed by atoms with Gasteiger partial charge in [0.2, 0.25) is 0 Å². The Morgan fingerprint density at radius 1 is 0.471 bits per heavy atom. The molecule has 2 aromatic heterocycles. The molecule has 2 aromatic carbocycles. The monoisotopic (exact) mass is 448 g/mol. The van der Waals surface area contributed by atoms with Crippen LogP contribution >= 0.6 is 0 Å². The summed E-state index contributed by atoms with van der Waals surface area (Å²) in [6, 6.07) is 30.6. The lowest BCUT2D eigenvalue weighted by Gasteiger charge is -2.29. The minimum absolute atomic E-state index is 0.0469. The van der Waals surface area contributed by atoms with Gasteiger partial charge in [-0.2, -0.15) is 0 Å². The van der Waals surface area contributed by atoms with Gasteiger partial charge in [-0.15, -0.1) is 0 Å². The maximum absolute atomic E-state index is 4.83. The second-order valence-electron chi connectivity index (χ2n) is 11.2. The first-order valence-electron chi connectivity index (χ1n) is 12.2. The Labute approximate surface area is 205 Å². The highest BCUT2D eigenvalue weighted by atomic mass is 14.7. The van der Waals surface area contributed by atoms with Crippen LogP contribution < -0.4 is 0 Å². The molecule has 2 heterocycles. The molecule has 4 aromatic rings. The van der Waals surface area contributed by atoms with Gasteiger partial charge in [-0.3, -0.25) is 9.97 Å². The molecule has 0 fully saturated rings. The van der Waals surface area contributed by atoms with Crippen molar-refractivity contribution in [2.24, 2.45) is 0 Å². The third kappa shape index (κ3) is 5.28. The molecule has 0 saturated heterocycles. The molecule has 0 aliphatic heterocycles. The van der Waals surface area contributed by atoms with Gasteiger partial charge >= 0.3 is 0 Å². The quantitative estimate of drug-likeness (QED) is 0.309. The SMILES string of the molecule is CC(C)(C)c1ccc([C@H](c2ccccn2)[C@H](c2ccc(C(C)(C)C)cc2)c2ccccn2)cc1. The standard InChI is InChI=1S/C32H36N2/c1-31(2,3)25-17-13-23(14-18-25)29(27-11-7-9-21-33-27)30(28-12-8-10-22-34-28)24-15-19-26(20-16-24)32(4,5)6/h7-22,29-30H,1-6H3/t29-,30-/m1/s1. The van der Waals surface area contributed by atoms with E-state index in [0.717, 1.165) is 11.4 Å². The highest BCUT2D eigenvalue weighted by Crippen LogP contribution is 2.42. The lowest BCUT2D eigenvalue weighted by molar-refractivity contribution is 0.587. The Balaban J connectivity index is 1.89. The first kappa shape index (κ1) is 23.9. The number of hydrogen-bond donors (Lipinski definition) is 0. The van der Waals surface area contributed by atoms with E-state index in [-0.39, 0.29) is 22.7 Å². The van der Waals surface area contributed by atoms with E-state index >= 15 is 0 Å². The average molecular weight is 449 g/mol. The normalized spacial score (nSPS) is 13.9. The zero-order chi connectivity index (χ0) is 24.3. The molecule has 34 heavy (non-hydrogen) atoms. The molecule has 0 spiro atoms. The van der Waals surface area contributed by atoms with Crippen molar-refractivity contribution in [3.63, 3.8) is 0 Å². The van der Waals surface area contributed by atoms with Gasteiger partial charge in [0.15, 0.2) is 0 Å². The Morgan fingerprint density at radius 3 is 1.09 bits per heavy atom. The highest BCUT2D eigenvalue weighted by Gasteiger charge is 2.31. The summed E-state index contributed by atoms with van der Waals surface area (Å²) in [6.45, 7) is 13.5. The van der Waals surface area contributed by atoms with Crippen LogP contribution in [0.5, 0.6) is 0 Å². The summed E-state index contributed by atoms with van der Waals surface area (Å²) in [4.78, 5) is 9.66. The largest absolute Gasteiger partial charge is 0.261 e. The number of benzene rings is 2. The van der Waals surface area contributed by atoms with Crippen molar-refractivity contribution in [3.05, 3.63) is 131 Å². The maximum atomic E-state index is 4.83. The number of pyridine rings is 2. The van der Waals surface area contributed by atoms with E-state index in [9.17, 15) is 0 Å². The lowest BCUT2D eigenvalue weighted by atomic mass is 9.75. The summed E-state index contributed by atoms with van der Waals surface area (Å²) in [5.74, 6) is 0.0937. The van der Waals surface area contributed by atoms with Crippen LogP contribution in [-0.2, 0) is 10.8 Å². The van der Waals surface area contributed by atoms with E-state index in [0.29, 0.717) is 0 Å². The second kappa shape index (κ2) is 9.54. The molecule has 0 unspecified atom stereocenters. The minimum Gasteiger partial charge on any atom is -0.261 e. The molecular formula is C32H36N2. The molecule has 0 aliphatic rings. The van der Waals surface area contributed by atoms with Crippen molar-refractivity contribution in [1.29, 1.82) is 0 Å². The van der Waals surface area contributed by atoms with Gasteiger partial charge in [0.25, 0.3) is 0 Å². The molecule has 0 N–H and O–H groups in total. The maximum Gasteiger partial charge on any atom is 0.0488 e. The molecule has 0 aliphatic carbocycles. The third-order valence-corrected chi connectivity index (χ3v) is 6.62. The summed E-state index contributed by atoms with van der Waals surface area (Å²) in [5.41, 5.74) is 7.51. The van der Waals surface area contributed by atoms with Gasteiger partial charge in [0.05, 0.1) is 0 Å². The second-order valence-corrected chi connectivity index (χ2v) is 11.2. The van der Waals surface area contributed by atoms with Gasteiger partial charge in [-0.05, 0) is 57.3 Å². The topological polar surface area (TPSA) is 25.8 Å².